The van der Waals surface area contributed by atoms with E-state index in [1.807, 2.05) is 50.2 Å². The zero-order valence-corrected chi connectivity index (χ0v) is 12.3. The van der Waals surface area contributed by atoms with Crippen molar-refractivity contribution in [2.45, 2.75) is 20.8 Å². The fraction of sp³-hybridized carbons (Fsp3) is 0.167. The molecule has 0 amide bonds. The van der Waals surface area contributed by atoms with E-state index in [0.717, 1.165) is 27.8 Å². The van der Waals surface area contributed by atoms with E-state index in [1.165, 1.54) is 0 Å². The van der Waals surface area contributed by atoms with Gasteiger partial charge >= 0.3 is 0 Å². The molecule has 1 N–H and O–H groups in total. The van der Waals surface area contributed by atoms with Crippen LogP contribution < -0.4 is 0 Å². The summed E-state index contributed by atoms with van der Waals surface area (Å²) in [5, 5.41) is 10.8. The van der Waals surface area contributed by atoms with E-state index in [4.69, 9.17) is 0 Å². The number of phenolic OH excluding ortho intramolecular Hbond substituents is 1. The minimum Gasteiger partial charge on any atom is -0.508 e. The topological polar surface area (TPSA) is 42.2 Å². The molecule has 1 heterocycles. The van der Waals surface area contributed by atoms with Crippen molar-refractivity contribution in [2.75, 3.05) is 0 Å². The van der Waals surface area contributed by atoms with Crippen molar-refractivity contribution in [3.05, 3.63) is 59.3 Å². The Labute approximate surface area is 123 Å². The minimum atomic E-state index is 0.00966. The third kappa shape index (κ3) is 2.02. The van der Waals surface area contributed by atoms with Crippen molar-refractivity contribution in [1.82, 2.24) is 4.57 Å². The summed E-state index contributed by atoms with van der Waals surface area (Å²) in [4.78, 5) is 12.0. The Bertz CT molecular complexity index is 845. The molecule has 0 aliphatic rings. The van der Waals surface area contributed by atoms with E-state index in [0.29, 0.717) is 5.56 Å². The summed E-state index contributed by atoms with van der Waals surface area (Å²) < 4.78 is 2.07. The van der Waals surface area contributed by atoms with Crippen LogP contribution in [0.15, 0.2) is 42.5 Å². The fourth-order valence-corrected chi connectivity index (χ4v) is 2.91. The molecule has 2 aromatic carbocycles. The molecule has 0 saturated carbocycles. The van der Waals surface area contributed by atoms with Crippen molar-refractivity contribution in [2.24, 2.45) is 0 Å². The third-order valence-corrected chi connectivity index (χ3v) is 3.89. The van der Waals surface area contributed by atoms with Crippen LogP contribution in [0.25, 0.3) is 16.6 Å². The summed E-state index contributed by atoms with van der Waals surface area (Å²) in [6.45, 7) is 5.37. The fourth-order valence-electron chi connectivity index (χ4n) is 2.91. The second kappa shape index (κ2) is 4.77. The van der Waals surface area contributed by atoms with Crippen molar-refractivity contribution >= 4 is 16.7 Å². The van der Waals surface area contributed by atoms with Gasteiger partial charge in [-0.15, -0.1) is 0 Å². The Balaban J connectivity index is 2.47. The number of ketones is 1. The van der Waals surface area contributed by atoms with Gasteiger partial charge in [-0.3, -0.25) is 4.79 Å². The molecule has 0 fully saturated rings. The number of aromatic nitrogens is 1. The van der Waals surface area contributed by atoms with E-state index in [2.05, 4.69) is 4.57 Å². The first-order chi connectivity index (χ1) is 10.0. The number of aromatic hydroxyl groups is 1. The molecule has 106 valence electrons. The van der Waals surface area contributed by atoms with Crippen LogP contribution in [0.4, 0.5) is 0 Å². The molecule has 3 heteroatoms. The van der Waals surface area contributed by atoms with Crippen LogP contribution in [0, 0.1) is 13.8 Å². The number of fused-ring (bicyclic) bond motifs is 1. The highest BCUT2D eigenvalue weighted by Crippen LogP contribution is 2.33. The zero-order chi connectivity index (χ0) is 15.1. The number of rotatable bonds is 2. The second-order valence-electron chi connectivity index (χ2n) is 5.34. The van der Waals surface area contributed by atoms with E-state index in [9.17, 15) is 9.90 Å². The minimum absolute atomic E-state index is 0.00966. The second-order valence-corrected chi connectivity index (χ2v) is 5.34. The first kappa shape index (κ1) is 13.4. The Morgan fingerprint density at radius 3 is 2.38 bits per heavy atom. The van der Waals surface area contributed by atoms with Gasteiger partial charge in [-0.05, 0) is 50.6 Å². The van der Waals surface area contributed by atoms with Gasteiger partial charge in [0.05, 0.1) is 5.52 Å². The first-order valence-corrected chi connectivity index (χ1v) is 6.91. The number of Topliss-reactive ketones (excluding diaryl/α,β-unsaturated/α-hetero) is 1. The van der Waals surface area contributed by atoms with Gasteiger partial charge < -0.3 is 9.67 Å². The van der Waals surface area contributed by atoms with Crippen LogP contribution in [-0.2, 0) is 0 Å². The predicted octanol–water partition coefficient (Wildman–Crippen LogP) is 4.16. The molecule has 3 nitrogen and oxygen atoms in total. The molecule has 0 unspecified atom stereocenters. The average Bonchev–Trinajstić information content (AvgIpc) is 2.72. The van der Waals surface area contributed by atoms with Gasteiger partial charge in [-0.1, -0.05) is 18.2 Å². The lowest BCUT2D eigenvalue weighted by Gasteiger charge is -2.09. The number of para-hydroxylation sites is 1. The summed E-state index contributed by atoms with van der Waals surface area (Å²) in [5.74, 6) is 0.227. The Hall–Kier alpha value is -2.55. The van der Waals surface area contributed by atoms with Gasteiger partial charge in [-0.25, -0.2) is 0 Å². The lowest BCUT2D eigenvalue weighted by molar-refractivity contribution is 0.101. The van der Waals surface area contributed by atoms with Crippen molar-refractivity contribution in [3.8, 4) is 11.4 Å². The molecule has 0 radical (unpaired) electrons. The van der Waals surface area contributed by atoms with Gasteiger partial charge in [0.15, 0.2) is 5.78 Å². The highest BCUT2D eigenvalue weighted by Gasteiger charge is 2.19. The number of phenols is 1. The van der Waals surface area contributed by atoms with E-state index in [1.54, 1.807) is 13.0 Å². The molecule has 0 spiro atoms. The molecule has 0 bridgehead atoms. The molecular weight excluding hydrogens is 262 g/mol. The maximum atomic E-state index is 12.0. The number of hydrogen-bond donors (Lipinski definition) is 1. The van der Waals surface area contributed by atoms with Gasteiger partial charge in [0.25, 0.3) is 0 Å². The van der Waals surface area contributed by atoms with Crippen molar-refractivity contribution in [1.29, 1.82) is 0 Å². The quantitative estimate of drug-likeness (QED) is 0.716. The summed E-state index contributed by atoms with van der Waals surface area (Å²) in [6.07, 6.45) is 0. The molecule has 0 atom stereocenters. The summed E-state index contributed by atoms with van der Waals surface area (Å²) in [5.41, 5.74) is 4.32. The average molecular weight is 279 g/mol. The van der Waals surface area contributed by atoms with Gasteiger partial charge in [0, 0.05) is 22.3 Å². The summed E-state index contributed by atoms with van der Waals surface area (Å²) >= 11 is 0. The number of nitrogens with zero attached hydrogens (tertiary/aromatic N) is 1. The molecule has 0 saturated heterocycles. The number of carbonyl (C=O) groups is 1. The highest BCUT2D eigenvalue weighted by atomic mass is 16.3. The van der Waals surface area contributed by atoms with E-state index >= 15 is 0 Å². The maximum absolute atomic E-state index is 12.0. The molecule has 1 aromatic heterocycles. The van der Waals surface area contributed by atoms with Gasteiger partial charge in [-0.2, -0.15) is 0 Å². The number of carbonyl (C=O) groups excluding carboxylic acids is 1. The predicted molar refractivity (Wildman–Crippen MR) is 84.4 cm³/mol. The SMILES string of the molecule is CC(=O)c1c(C)n(-c2ccccc2)c2cc(C)c(O)cc12. The van der Waals surface area contributed by atoms with Gasteiger partial charge in [0.2, 0.25) is 0 Å². The van der Waals surface area contributed by atoms with Crippen LogP contribution in [0.5, 0.6) is 5.75 Å². The smallest absolute Gasteiger partial charge is 0.162 e. The molecular formula is C18H17NO2. The standard InChI is InChI=1S/C18H17NO2/c1-11-9-16-15(10-17(11)21)18(13(3)20)12(2)19(16)14-7-5-4-6-8-14/h4-10,21H,1-3H3. The lowest BCUT2D eigenvalue weighted by Crippen LogP contribution is -1.99. The highest BCUT2D eigenvalue weighted by molar-refractivity contribution is 6.09. The number of aryl methyl sites for hydroxylation is 1. The Morgan fingerprint density at radius 1 is 1.10 bits per heavy atom. The molecule has 0 aliphatic heterocycles. The van der Waals surface area contributed by atoms with Crippen LogP contribution in [0.2, 0.25) is 0 Å². The largest absolute Gasteiger partial charge is 0.508 e. The van der Waals surface area contributed by atoms with Crippen molar-refractivity contribution < 1.29 is 9.90 Å². The lowest BCUT2D eigenvalue weighted by atomic mass is 10.1. The maximum Gasteiger partial charge on any atom is 0.162 e. The Morgan fingerprint density at radius 2 is 1.76 bits per heavy atom. The van der Waals surface area contributed by atoms with Crippen molar-refractivity contribution in [3.63, 3.8) is 0 Å². The normalized spacial score (nSPS) is 11.0. The van der Waals surface area contributed by atoms with Crippen LogP contribution >= 0.6 is 0 Å². The molecule has 3 rings (SSSR count). The Kier molecular flexibility index (Phi) is 3.05. The van der Waals surface area contributed by atoms with Gasteiger partial charge in [0.1, 0.15) is 5.75 Å². The molecule has 0 aliphatic carbocycles. The molecule has 3 aromatic rings. The third-order valence-electron chi connectivity index (χ3n) is 3.89. The van der Waals surface area contributed by atoms with Crippen LogP contribution in [0.3, 0.4) is 0 Å². The monoisotopic (exact) mass is 279 g/mol. The van der Waals surface area contributed by atoms with E-state index in [-0.39, 0.29) is 11.5 Å². The first-order valence-electron chi connectivity index (χ1n) is 6.91. The molecule has 21 heavy (non-hydrogen) atoms. The summed E-state index contributed by atoms with van der Waals surface area (Å²) in [6, 6.07) is 13.6. The van der Waals surface area contributed by atoms with Crippen LogP contribution in [-0.4, -0.2) is 15.5 Å². The number of benzene rings is 2. The zero-order valence-electron chi connectivity index (χ0n) is 12.3. The van der Waals surface area contributed by atoms with E-state index < -0.39 is 0 Å². The van der Waals surface area contributed by atoms with Crippen LogP contribution in [0.1, 0.15) is 28.5 Å². The number of hydrogen-bond acceptors (Lipinski definition) is 2. The summed E-state index contributed by atoms with van der Waals surface area (Å²) in [7, 11) is 0.